The maximum Gasteiger partial charge on any atom is 0.338 e. The second-order valence-corrected chi connectivity index (χ2v) is 8.78. The summed E-state index contributed by atoms with van der Waals surface area (Å²) in [7, 11) is 2.05. The Hall–Kier alpha value is -3.66. The second-order valence-electron chi connectivity index (χ2n) is 8.78. The molecule has 0 unspecified atom stereocenters. The Balaban J connectivity index is 1.74. The Morgan fingerprint density at radius 2 is 2.18 bits per heavy atom. The number of nitrogens with one attached hydrogen (secondary N) is 1. The molecule has 0 bridgehead atoms. The normalized spacial score (nSPS) is 20.9. The molecule has 1 fully saturated rings. The van der Waals surface area contributed by atoms with Crippen LogP contribution in [0.2, 0.25) is 0 Å². The first-order valence-corrected chi connectivity index (χ1v) is 11.6. The summed E-state index contributed by atoms with van der Waals surface area (Å²) in [5, 5.41) is 5.13. The topological polar surface area (TPSA) is 54.5 Å². The summed E-state index contributed by atoms with van der Waals surface area (Å²) in [5.41, 5.74) is 8.67. The van der Waals surface area contributed by atoms with E-state index in [1.54, 1.807) is 6.20 Å². The Morgan fingerprint density at radius 1 is 1.32 bits per heavy atom. The molecule has 1 atom stereocenters. The van der Waals surface area contributed by atoms with Crippen molar-refractivity contribution in [3.05, 3.63) is 94.3 Å². The number of carbonyl (C=O) groups excluding carboxylic acids is 1. The SMILES string of the molecule is C=CN/C(=C(\C)c1ccc2/c(c1)=C\C(C(=O)O[C@H]1CCN(C)C1)=C/CC=C=2)c1cccc(C)n1. The van der Waals surface area contributed by atoms with Gasteiger partial charge in [-0.15, -0.1) is 5.73 Å². The molecule has 2 heterocycles. The molecule has 0 amide bonds. The number of fused-ring (bicyclic) bond motifs is 1. The van der Waals surface area contributed by atoms with Crippen molar-refractivity contribution in [1.29, 1.82) is 0 Å². The van der Waals surface area contributed by atoms with Crippen LogP contribution in [-0.4, -0.2) is 42.1 Å². The van der Waals surface area contributed by atoms with E-state index in [2.05, 4.69) is 46.6 Å². The van der Waals surface area contributed by atoms with Gasteiger partial charge in [-0.25, -0.2) is 4.79 Å². The highest BCUT2D eigenvalue weighted by Gasteiger charge is 2.24. The Morgan fingerprint density at radius 3 is 2.91 bits per heavy atom. The van der Waals surface area contributed by atoms with E-state index >= 15 is 0 Å². The predicted molar refractivity (Wildman–Crippen MR) is 138 cm³/mol. The molecule has 1 aromatic heterocycles. The molecule has 5 heteroatoms. The number of rotatable bonds is 6. The lowest BCUT2D eigenvalue weighted by molar-refractivity contribution is -0.143. The van der Waals surface area contributed by atoms with Crippen molar-refractivity contribution in [3.63, 3.8) is 0 Å². The molecule has 1 N–H and O–H groups in total. The molecular formula is C29H31N3O2. The maximum atomic E-state index is 13.0. The summed E-state index contributed by atoms with van der Waals surface area (Å²) >= 11 is 0. The highest BCUT2D eigenvalue weighted by atomic mass is 16.5. The van der Waals surface area contributed by atoms with Gasteiger partial charge in [0.1, 0.15) is 6.10 Å². The van der Waals surface area contributed by atoms with E-state index < -0.39 is 0 Å². The molecule has 5 nitrogen and oxygen atoms in total. The number of pyridine rings is 1. The molecule has 2 aliphatic rings. The summed E-state index contributed by atoms with van der Waals surface area (Å²) in [5.74, 6) is -0.266. The van der Waals surface area contributed by atoms with Crippen LogP contribution in [0.3, 0.4) is 0 Å². The number of nitrogens with zero attached hydrogens (tertiary/aromatic N) is 2. The Labute approximate surface area is 201 Å². The summed E-state index contributed by atoms with van der Waals surface area (Å²) in [4.78, 5) is 19.8. The minimum Gasteiger partial charge on any atom is -0.457 e. The lowest BCUT2D eigenvalue weighted by atomic mass is 10.00. The van der Waals surface area contributed by atoms with Crippen LogP contribution in [0.4, 0.5) is 0 Å². The van der Waals surface area contributed by atoms with Crippen LogP contribution in [-0.2, 0) is 9.53 Å². The van der Waals surface area contributed by atoms with E-state index in [4.69, 9.17) is 4.74 Å². The number of hydrogen-bond donors (Lipinski definition) is 1. The van der Waals surface area contributed by atoms with Crippen LogP contribution in [0.15, 0.2) is 66.9 Å². The minimum absolute atomic E-state index is 0.0512. The van der Waals surface area contributed by atoms with Crippen LogP contribution >= 0.6 is 0 Å². The van der Waals surface area contributed by atoms with Crippen molar-refractivity contribution >= 4 is 29.0 Å². The summed E-state index contributed by atoms with van der Waals surface area (Å²) in [6.45, 7) is 9.60. The van der Waals surface area contributed by atoms with Crippen molar-refractivity contribution in [2.45, 2.75) is 32.8 Å². The molecule has 1 saturated heterocycles. The van der Waals surface area contributed by atoms with Gasteiger partial charge in [0.2, 0.25) is 0 Å². The highest BCUT2D eigenvalue weighted by Crippen LogP contribution is 2.22. The van der Waals surface area contributed by atoms with E-state index in [9.17, 15) is 4.79 Å². The van der Waals surface area contributed by atoms with Crippen molar-refractivity contribution in [3.8, 4) is 0 Å². The molecule has 1 aliphatic heterocycles. The molecule has 0 saturated carbocycles. The maximum absolute atomic E-state index is 13.0. The average molecular weight is 454 g/mol. The van der Waals surface area contributed by atoms with Crippen LogP contribution in [0.25, 0.3) is 23.1 Å². The number of ether oxygens (including phenoxy) is 1. The molecular weight excluding hydrogens is 422 g/mol. The van der Waals surface area contributed by atoms with Gasteiger partial charge < -0.3 is 15.0 Å². The first kappa shape index (κ1) is 23.5. The fraction of sp³-hybridized carbons (Fsp3) is 0.276. The zero-order valence-corrected chi connectivity index (χ0v) is 20.1. The molecule has 0 radical (unpaired) electrons. The van der Waals surface area contributed by atoms with Gasteiger partial charge in [0.05, 0.1) is 17.0 Å². The molecule has 0 spiro atoms. The predicted octanol–water partition coefficient (Wildman–Crippen LogP) is 3.30. The van der Waals surface area contributed by atoms with E-state index in [1.165, 1.54) is 0 Å². The third kappa shape index (κ3) is 5.45. The van der Waals surface area contributed by atoms with Gasteiger partial charge in [0.25, 0.3) is 0 Å². The van der Waals surface area contributed by atoms with Crippen LogP contribution in [0.1, 0.15) is 36.7 Å². The van der Waals surface area contributed by atoms with Crippen LogP contribution < -0.4 is 15.8 Å². The number of aromatic nitrogens is 1. The van der Waals surface area contributed by atoms with Crippen molar-refractivity contribution in [2.75, 3.05) is 20.1 Å². The van der Waals surface area contributed by atoms with Gasteiger partial charge >= 0.3 is 5.97 Å². The number of hydrogen-bond acceptors (Lipinski definition) is 5. The zero-order chi connectivity index (χ0) is 24.1. The van der Waals surface area contributed by atoms with Gasteiger partial charge in [0, 0.05) is 24.0 Å². The van der Waals surface area contributed by atoms with Crippen molar-refractivity contribution < 1.29 is 9.53 Å². The number of carbonyl (C=O) groups is 1. The van der Waals surface area contributed by atoms with Gasteiger partial charge in [-0.1, -0.05) is 24.8 Å². The molecule has 1 aliphatic carbocycles. The van der Waals surface area contributed by atoms with Crippen molar-refractivity contribution in [1.82, 2.24) is 15.2 Å². The number of esters is 1. The van der Waals surface area contributed by atoms with Gasteiger partial charge in [-0.3, -0.25) is 4.98 Å². The largest absolute Gasteiger partial charge is 0.457 e. The number of likely N-dealkylation sites (N-methyl/N-ethyl adjacent to an activating group) is 1. The number of likely N-dealkylation sites (tertiary alicyclic amines) is 1. The summed E-state index contributed by atoms with van der Waals surface area (Å²) < 4.78 is 5.80. The van der Waals surface area contributed by atoms with Gasteiger partial charge in [-0.05, 0) is 92.7 Å². The summed E-state index contributed by atoms with van der Waals surface area (Å²) in [6.07, 6.45) is 8.90. The van der Waals surface area contributed by atoms with E-state index in [0.717, 1.165) is 58.2 Å². The van der Waals surface area contributed by atoms with Gasteiger partial charge in [0.15, 0.2) is 0 Å². The first-order valence-electron chi connectivity index (χ1n) is 11.6. The highest BCUT2D eigenvalue weighted by molar-refractivity contribution is 5.98. The third-order valence-corrected chi connectivity index (χ3v) is 6.13. The second kappa shape index (κ2) is 10.5. The lowest BCUT2D eigenvalue weighted by Crippen LogP contribution is -2.27. The smallest absolute Gasteiger partial charge is 0.338 e. The van der Waals surface area contributed by atoms with Crippen LogP contribution in [0.5, 0.6) is 0 Å². The molecule has 174 valence electrons. The van der Waals surface area contributed by atoms with Gasteiger partial charge in [-0.2, -0.15) is 0 Å². The molecule has 4 rings (SSSR count). The van der Waals surface area contributed by atoms with Crippen molar-refractivity contribution in [2.24, 2.45) is 0 Å². The molecule has 2 aromatic rings. The Kier molecular flexibility index (Phi) is 7.27. The van der Waals surface area contributed by atoms with E-state index in [-0.39, 0.29) is 12.1 Å². The van der Waals surface area contributed by atoms with Crippen LogP contribution in [0, 0.1) is 6.92 Å². The fourth-order valence-corrected chi connectivity index (χ4v) is 4.28. The number of allylic oxidation sites excluding steroid dienone is 3. The van der Waals surface area contributed by atoms with E-state index in [0.29, 0.717) is 12.0 Å². The fourth-order valence-electron chi connectivity index (χ4n) is 4.28. The third-order valence-electron chi connectivity index (χ3n) is 6.13. The molecule has 1 aromatic carbocycles. The zero-order valence-electron chi connectivity index (χ0n) is 20.1. The first-order chi connectivity index (χ1) is 16.4. The molecule has 34 heavy (non-hydrogen) atoms. The van der Waals surface area contributed by atoms with E-state index in [1.807, 2.05) is 56.5 Å². The minimum atomic E-state index is -0.266. The number of aryl methyl sites for hydroxylation is 1. The lowest BCUT2D eigenvalue weighted by Gasteiger charge is -2.14. The standard InChI is InChI=1S/C29H31N3O2/c1-5-30-28(27-12-8-9-20(2)31-27)21(3)23-14-13-22-10-6-7-11-24(18-25(22)17-23)29(33)34-26-15-16-32(4)19-26/h5-6,8-9,11-14,17-18,26,30H,1,7,15-16,19H2,2-4H3/b24-11+,25-18-,28-21+/t10?,26-/m0/s1. The average Bonchev–Trinajstić information content (AvgIpc) is 3.21. The Bertz CT molecular complexity index is 1330. The monoisotopic (exact) mass is 453 g/mol. The number of benzene rings is 1. The quantitative estimate of drug-likeness (QED) is 0.681. The summed E-state index contributed by atoms with van der Waals surface area (Å²) in [6, 6.07) is 12.1.